The summed E-state index contributed by atoms with van der Waals surface area (Å²) < 4.78 is 11.0. The minimum atomic E-state index is -0.878. The fourth-order valence-corrected chi connectivity index (χ4v) is 3.85. The molecule has 0 aliphatic carbocycles. The van der Waals surface area contributed by atoms with Crippen LogP contribution < -0.4 is 9.64 Å². The first-order valence-corrected chi connectivity index (χ1v) is 9.91. The molecule has 0 radical (unpaired) electrons. The van der Waals surface area contributed by atoms with Crippen LogP contribution in [0.1, 0.15) is 34.3 Å². The van der Waals surface area contributed by atoms with Crippen molar-refractivity contribution in [1.82, 2.24) is 0 Å². The third-order valence-electron chi connectivity index (χ3n) is 5.67. The monoisotopic (exact) mass is 417 g/mol. The van der Waals surface area contributed by atoms with Gasteiger partial charge in [-0.05, 0) is 74.4 Å². The fraction of sp³-hybridized carbons (Fsp3) is 0.200. The first-order chi connectivity index (χ1) is 14.8. The molecule has 6 nitrogen and oxygen atoms in total. The number of Topliss-reactive ketones (excluding diaryl/α,β-unsaturated/α-hetero) is 1. The number of ether oxygens (including phenoxy) is 1. The zero-order chi connectivity index (χ0) is 22.3. The van der Waals surface area contributed by atoms with Crippen LogP contribution in [0.15, 0.2) is 64.6 Å². The van der Waals surface area contributed by atoms with Gasteiger partial charge >= 0.3 is 0 Å². The SMILES string of the molecule is COc1ccc(/C(O)=C2/C(=O)C(=O)N(c3cccc(C)c3C)C2c2ccc(C)o2)cc1. The summed E-state index contributed by atoms with van der Waals surface area (Å²) in [7, 11) is 1.55. The molecular weight excluding hydrogens is 394 g/mol. The van der Waals surface area contributed by atoms with E-state index < -0.39 is 17.7 Å². The van der Waals surface area contributed by atoms with Crippen LogP contribution in [0.2, 0.25) is 0 Å². The van der Waals surface area contributed by atoms with Crippen LogP contribution in [-0.2, 0) is 9.59 Å². The summed E-state index contributed by atoms with van der Waals surface area (Å²) in [5.74, 6) is -0.0479. The molecule has 31 heavy (non-hydrogen) atoms. The number of anilines is 1. The third-order valence-corrected chi connectivity index (χ3v) is 5.67. The van der Waals surface area contributed by atoms with Crippen molar-refractivity contribution >= 4 is 23.1 Å². The molecule has 1 aliphatic rings. The molecule has 2 heterocycles. The molecule has 1 amide bonds. The van der Waals surface area contributed by atoms with Gasteiger partial charge in [-0.2, -0.15) is 0 Å². The maximum atomic E-state index is 13.2. The Bertz CT molecular complexity index is 1200. The number of hydrogen-bond acceptors (Lipinski definition) is 5. The molecule has 1 aliphatic heterocycles. The van der Waals surface area contributed by atoms with Crippen molar-refractivity contribution in [3.8, 4) is 5.75 Å². The van der Waals surface area contributed by atoms with Crippen LogP contribution in [0.5, 0.6) is 5.75 Å². The van der Waals surface area contributed by atoms with Gasteiger partial charge in [-0.15, -0.1) is 0 Å². The average molecular weight is 417 g/mol. The number of methoxy groups -OCH3 is 1. The molecule has 1 fully saturated rings. The molecule has 1 saturated heterocycles. The van der Waals surface area contributed by atoms with E-state index in [0.29, 0.717) is 28.5 Å². The number of furan rings is 1. The summed E-state index contributed by atoms with van der Waals surface area (Å²) in [6.07, 6.45) is 0. The van der Waals surface area contributed by atoms with Crippen LogP contribution in [0.4, 0.5) is 5.69 Å². The number of aliphatic hydroxyl groups excluding tert-OH is 1. The van der Waals surface area contributed by atoms with E-state index in [9.17, 15) is 14.7 Å². The van der Waals surface area contributed by atoms with Crippen LogP contribution in [0.3, 0.4) is 0 Å². The summed E-state index contributed by atoms with van der Waals surface area (Å²) in [5.41, 5.74) is 2.87. The van der Waals surface area contributed by atoms with Crippen LogP contribution in [-0.4, -0.2) is 23.9 Å². The number of rotatable bonds is 4. The number of aryl methyl sites for hydroxylation is 2. The van der Waals surface area contributed by atoms with Gasteiger partial charge in [-0.25, -0.2) is 0 Å². The second-order valence-corrected chi connectivity index (χ2v) is 7.57. The Hall–Kier alpha value is -3.80. The molecule has 1 aromatic heterocycles. The van der Waals surface area contributed by atoms with Gasteiger partial charge in [-0.3, -0.25) is 14.5 Å². The molecule has 0 saturated carbocycles. The van der Waals surface area contributed by atoms with Crippen molar-refractivity contribution in [2.75, 3.05) is 12.0 Å². The highest BCUT2D eigenvalue weighted by atomic mass is 16.5. The van der Waals surface area contributed by atoms with Gasteiger partial charge in [0.1, 0.15) is 29.1 Å². The number of nitrogens with zero attached hydrogens (tertiary/aromatic N) is 1. The summed E-state index contributed by atoms with van der Waals surface area (Å²) >= 11 is 0. The summed E-state index contributed by atoms with van der Waals surface area (Å²) in [6.45, 7) is 5.63. The van der Waals surface area contributed by atoms with E-state index in [1.165, 1.54) is 4.90 Å². The van der Waals surface area contributed by atoms with E-state index in [-0.39, 0.29) is 11.3 Å². The Labute approximate surface area is 180 Å². The minimum absolute atomic E-state index is 0.00887. The Morgan fingerprint density at radius 1 is 1.00 bits per heavy atom. The standard InChI is InChI=1S/C25H23NO5/c1-14-6-5-7-19(16(14)3)26-22(20-13-8-15(2)31-20)21(24(28)25(26)29)23(27)17-9-11-18(30-4)12-10-17/h5-13,22,27H,1-4H3/b23-21-. The quantitative estimate of drug-likeness (QED) is 0.373. The maximum absolute atomic E-state index is 13.2. The Balaban J connectivity index is 1.94. The Kier molecular flexibility index (Phi) is 5.15. The number of carbonyl (C=O) groups is 2. The van der Waals surface area contributed by atoms with Gasteiger partial charge in [0.2, 0.25) is 0 Å². The highest BCUT2D eigenvalue weighted by Gasteiger charge is 2.48. The number of carbonyl (C=O) groups excluding carboxylic acids is 2. The van der Waals surface area contributed by atoms with Gasteiger partial charge in [0.05, 0.1) is 12.7 Å². The molecule has 1 N–H and O–H groups in total. The van der Waals surface area contributed by atoms with E-state index in [0.717, 1.165) is 11.1 Å². The number of ketones is 1. The minimum Gasteiger partial charge on any atom is -0.507 e. The largest absolute Gasteiger partial charge is 0.507 e. The van der Waals surface area contributed by atoms with E-state index in [1.807, 2.05) is 26.0 Å². The highest BCUT2D eigenvalue weighted by Crippen LogP contribution is 2.43. The van der Waals surface area contributed by atoms with Gasteiger partial charge in [0, 0.05) is 11.3 Å². The zero-order valence-electron chi connectivity index (χ0n) is 17.8. The first kappa shape index (κ1) is 20.5. The van der Waals surface area contributed by atoms with Crippen LogP contribution in [0.25, 0.3) is 5.76 Å². The van der Waals surface area contributed by atoms with Gasteiger partial charge in [0.15, 0.2) is 0 Å². The van der Waals surface area contributed by atoms with Crippen molar-refractivity contribution in [2.24, 2.45) is 0 Å². The van der Waals surface area contributed by atoms with E-state index >= 15 is 0 Å². The Morgan fingerprint density at radius 3 is 2.32 bits per heavy atom. The molecule has 1 atom stereocenters. The third kappa shape index (κ3) is 3.40. The first-order valence-electron chi connectivity index (χ1n) is 9.91. The fourth-order valence-electron chi connectivity index (χ4n) is 3.85. The lowest BCUT2D eigenvalue weighted by atomic mass is 9.98. The van der Waals surface area contributed by atoms with Crippen molar-refractivity contribution < 1.29 is 23.8 Å². The summed E-state index contributed by atoms with van der Waals surface area (Å²) in [5, 5.41) is 11.1. The number of amides is 1. The lowest BCUT2D eigenvalue weighted by Gasteiger charge is -2.25. The molecule has 0 bridgehead atoms. The predicted octanol–water partition coefficient (Wildman–Crippen LogP) is 4.84. The summed E-state index contributed by atoms with van der Waals surface area (Å²) in [4.78, 5) is 27.7. The smallest absolute Gasteiger partial charge is 0.300 e. The van der Waals surface area contributed by atoms with Crippen molar-refractivity contribution in [3.05, 3.63) is 88.4 Å². The van der Waals surface area contributed by atoms with Gasteiger partial charge < -0.3 is 14.3 Å². The van der Waals surface area contributed by atoms with Crippen LogP contribution in [0, 0.1) is 20.8 Å². The summed E-state index contributed by atoms with van der Waals surface area (Å²) in [6, 6.07) is 14.8. The van der Waals surface area contributed by atoms with Gasteiger partial charge in [-0.1, -0.05) is 12.1 Å². The molecule has 158 valence electrons. The zero-order valence-corrected chi connectivity index (χ0v) is 17.8. The molecule has 4 rings (SSSR count). The molecule has 0 spiro atoms. The topological polar surface area (TPSA) is 80.0 Å². The van der Waals surface area contributed by atoms with E-state index in [1.54, 1.807) is 56.5 Å². The number of benzene rings is 2. The van der Waals surface area contributed by atoms with Crippen LogP contribution >= 0.6 is 0 Å². The lowest BCUT2D eigenvalue weighted by molar-refractivity contribution is -0.132. The van der Waals surface area contributed by atoms with E-state index in [4.69, 9.17) is 9.15 Å². The number of aliphatic hydroxyl groups is 1. The molecule has 1 unspecified atom stereocenters. The normalized spacial score (nSPS) is 17.9. The predicted molar refractivity (Wildman–Crippen MR) is 117 cm³/mol. The molecule has 2 aromatic carbocycles. The average Bonchev–Trinajstić information content (AvgIpc) is 3.31. The van der Waals surface area contributed by atoms with Crippen molar-refractivity contribution in [3.63, 3.8) is 0 Å². The molecule has 6 heteroatoms. The highest BCUT2D eigenvalue weighted by molar-refractivity contribution is 6.51. The number of hydrogen-bond donors (Lipinski definition) is 1. The Morgan fingerprint density at radius 2 is 1.71 bits per heavy atom. The lowest BCUT2D eigenvalue weighted by Crippen LogP contribution is -2.30. The van der Waals surface area contributed by atoms with Crippen molar-refractivity contribution in [1.29, 1.82) is 0 Å². The molecule has 3 aromatic rings. The second-order valence-electron chi connectivity index (χ2n) is 7.57. The second kappa shape index (κ2) is 7.80. The van der Waals surface area contributed by atoms with Gasteiger partial charge in [0.25, 0.3) is 11.7 Å². The van der Waals surface area contributed by atoms with E-state index in [2.05, 4.69) is 0 Å². The maximum Gasteiger partial charge on any atom is 0.300 e. The van der Waals surface area contributed by atoms with Crippen molar-refractivity contribution in [2.45, 2.75) is 26.8 Å². The molecular formula is C25H23NO5.